The average molecular weight is 585 g/mol. The first-order valence-electron chi connectivity index (χ1n) is 13.1. The highest BCUT2D eigenvalue weighted by atomic mass is 32.1. The minimum absolute atomic E-state index is 0.178. The number of urea groups is 1. The molecular weight excluding hydrogens is 547 g/mol. The van der Waals surface area contributed by atoms with Crippen molar-refractivity contribution < 1.29 is 23.5 Å². The number of hydrogen-bond donors (Lipinski definition) is 3. The van der Waals surface area contributed by atoms with Crippen molar-refractivity contribution in [3.05, 3.63) is 76.0 Å². The summed E-state index contributed by atoms with van der Waals surface area (Å²) in [5.41, 5.74) is 1.66. The van der Waals surface area contributed by atoms with E-state index >= 15 is 0 Å². The van der Waals surface area contributed by atoms with Crippen LogP contribution >= 0.6 is 11.3 Å². The highest BCUT2D eigenvalue weighted by Crippen LogP contribution is 2.27. The molecule has 0 fully saturated rings. The minimum atomic E-state index is -0.653. The summed E-state index contributed by atoms with van der Waals surface area (Å²) in [6.45, 7) is 6.98. The summed E-state index contributed by atoms with van der Waals surface area (Å²) in [6.07, 6.45) is 1.31. The predicted octanol–water partition coefficient (Wildman–Crippen LogP) is 5.20. The van der Waals surface area contributed by atoms with E-state index in [9.17, 15) is 18.8 Å². The average Bonchev–Trinajstić information content (AvgIpc) is 3.32. The van der Waals surface area contributed by atoms with E-state index in [2.05, 4.69) is 20.9 Å². The van der Waals surface area contributed by atoms with Gasteiger partial charge in [-0.05, 0) is 64.5 Å². The number of carbonyl (C=O) groups excluding carboxylic acids is 3. The van der Waals surface area contributed by atoms with Crippen LogP contribution in [0.1, 0.15) is 42.4 Å². The molecule has 2 heterocycles. The van der Waals surface area contributed by atoms with Gasteiger partial charge >= 0.3 is 12.1 Å². The molecule has 2 aromatic heterocycles. The number of likely N-dealkylation sites (N-methyl/N-ethyl adjacent to an activating group) is 1. The molecule has 0 aliphatic heterocycles. The smallest absolute Gasteiger partial charge is 0.412 e. The molecule has 0 bridgehead atoms. The Hall–Kier alpha value is -4.03. The van der Waals surface area contributed by atoms with E-state index in [1.54, 1.807) is 73.0 Å². The van der Waals surface area contributed by atoms with Crippen LogP contribution in [0.15, 0.2) is 53.4 Å². The lowest BCUT2D eigenvalue weighted by Crippen LogP contribution is -2.43. The van der Waals surface area contributed by atoms with Gasteiger partial charge in [0, 0.05) is 43.1 Å². The number of pyridine rings is 1. The molecule has 0 unspecified atom stereocenters. The fourth-order valence-electron chi connectivity index (χ4n) is 3.65. The molecule has 0 saturated carbocycles. The quantitative estimate of drug-likeness (QED) is 0.286. The SMILES string of the molecule is CN(C)CCN(Cc1ccc(C(=O)Nc2cscc2NC(=O)OC(C)(C)C)nc1)C(=O)NCCc1ccccc1F. The van der Waals surface area contributed by atoms with Crippen molar-refractivity contribution >= 4 is 40.7 Å². The first-order chi connectivity index (χ1) is 19.4. The first kappa shape index (κ1) is 31.5. The zero-order valence-electron chi connectivity index (χ0n) is 24.0. The molecule has 0 aliphatic carbocycles. The molecule has 0 spiro atoms. The fraction of sp³-hybridized carbons (Fsp3) is 0.379. The lowest BCUT2D eigenvalue weighted by molar-refractivity contribution is 0.0635. The predicted molar refractivity (Wildman–Crippen MR) is 159 cm³/mol. The second kappa shape index (κ2) is 14.6. The van der Waals surface area contributed by atoms with Gasteiger partial charge in [-0.15, -0.1) is 11.3 Å². The molecule has 0 radical (unpaired) electrons. The summed E-state index contributed by atoms with van der Waals surface area (Å²) >= 11 is 1.32. The third-order valence-electron chi connectivity index (χ3n) is 5.71. The van der Waals surface area contributed by atoms with Crippen LogP contribution in [0.3, 0.4) is 0 Å². The topological polar surface area (TPSA) is 116 Å². The molecule has 3 aromatic rings. The van der Waals surface area contributed by atoms with Crippen LogP contribution in [0, 0.1) is 5.82 Å². The fourth-order valence-corrected chi connectivity index (χ4v) is 4.37. The van der Waals surface area contributed by atoms with Crippen molar-refractivity contribution in [1.82, 2.24) is 20.1 Å². The van der Waals surface area contributed by atoms with Crippen LogP contribution < -0.4 is 16.0 Å². The number of rotatable bonds is 11. The maximum Gasteiger partial charge on any atom is 0.412 e. The number of nitrogens with one attached hydrogen (secondary N) is 3. The van der Waals surface area contributed by atoms with Crippen molar-refractivity contribution in [2.24, 2.45) is 0 Å². The first-order valence-corrected chi connectivity index (χ1v) is 14.1. The molecule has 0 aliphatic rings. The largest absolute Gasteiger partial charge is 0.444 e. The van der Waals surface area contributed by atoms with Crippen molar-refractivity contribution in [2.75, 3.05) is 44.4 Å². The number of aromatic nitrogens is 1. The normalized spacial score (nSPS) is 11.2. The Morgan fingerprint density at radius 3 is 2.34 bits per heavy atom. The summed E-state index contributed by atoms with van der Waals surface area (Å²) in [5, 5.41) is 11.7. The van der Waals surface area contributed by atoms with Crippen molar-refractivity contribution in [2.45, 2.75) is 39.3 Å². The summed E-state index contributed by atoms with van der Waals surface area (Å²) in [4.78, 5) is 45.8. The van der Waals surface area contributed by atoms with E-state index in [1.807, 2.05) is 19.0 Å². The van der Waals surface area contributed by atoms with Gasteiger partial charge in [-0.2, -0.15) is 0 Å². The van der Waals surface area contributed by atoms with Crippen molar-refractivity contribution in [3.8, 4) is 0 Å². The number of amides is 4. The van der Waals surface area contributed by atoms with E-state index < -0.39 is 17.6 Å². The van der Waals surface area contributed by atoms with E-state index in [4.69, 9.17) is 4.74 Å². The number of halogens is 1. The van der Waals surface area contributed by atoms with Gasteiger partial charge in [0.15, 0.2) is 0 Å². The lowest BCUT2D eigenvalue weighted by atomic mass is 10.1. The third kappa shape index (κ3) is 10.5. The van der Waals surface area contributed by atoms with Crippen LogP contribution in [-0.4, -0.2) is 72.1 Å². The minimum Gasteiger partial charge on any atom is -0.444 e. The summed E-state index contributed by atoms with van der Waals surface area (Å²) in [6, 6.07) is 9.55. The van der Waals surface area contributed by atoms with E-state index in [0.717, 1.165) is 5.56 Å². The van der Waals surface area contributed by atoms with Gasteiger partial charge in [0.05, 0.1) is 11.4 Å². The maximum atomic E-state index is 13.9. The van der Waals surface area contributed by atoms with Crippen LogP contribution in [0.2, 0.25) is 0 Å². The van der Waals surface area contributed by atoms with Gasteiger partial charge in [-0.3, -0.25) is 15.1 Å². The number of anilines is 2. The van der Waals surface area contributed by atoms with Gasteiger partial charge in [-0.1, -0.05) is 24.3 Å². The molecule has 41 heavy (non-hydrogen) atoms. The highest BCUT2D eigenvalue weighted by Gasteiger charge is 2.19. The zero-order chi connectivity index (χ0) is 30.0. The number of benzene rings is 1. The van der Waals surface area contributed by atoms with E-state index in [1.165, 1.54) is 17.4 Å². The Balaban J connectivity index is 1.59. The van der Waals surface area contributed by atoms with E-state index in [0.29, 0.717) is 43.0 Å². The van der Waals surface area contributed by atoms with Gasteiger partial charge in [-0.25, -0.2) is 14.0 Å². The third-order valence-corrected chi connectivity index (χ3v) is 6.45. The molecule has 4 amide bonds. The lowest BCUT2D eigenvalue weighted by Gasteiger charge is -2.25. The standard InChI is InChI=1S/C29H37FN6O4S/c1-29(2,3)40-28(39)34-25-19-41-18-24(25)33-26(37)23-11-10-20(16-32-23)17-36(15-14-35(4)5)27(38)31-13-12-21-8-6-7-9-22(21)30/h6-11,16,18-19H,12-15,17H2,1-5H3,(H,31,38)(H,33,37)(H,34,39). The Labute approximate surface area is 243 Å². The van der Waals surface area contributed by atoms with Crippen LogP contribution in [0.25, 0.3) is 0 Å². The second-order valence-corrected chi connectivity index (χ2v) is 11.4. The van der Waals surface area contributed by atoms with Crippen LogP contribution in [0.4, 0.5) is 25.4 Å². The summed E-state index contributed by atoms with van der Waals surface area (Å²) in [7, 11) is 3.84. The van der Waals surface area contributed by atoms with Gasteiger partial charge in [0.1, 0.15) is 17.1 Å². The number of thiophene rings is 1. The van der Waals surface area contributed by atoms with Gasteiger partial charge in [0.25, 0.3) is 5.91 Å². The molecule has 220 valence electrons. The molecule has 3 rings (SSSR count). The molecule has 0 atom stereocenters. The maximum absolute atomic E-state index is 13.9. The summed E-state index contributed by atoms with van der Waals surface area (Å²) in [5.74, 6) is -0.742. The molecule has 3 N–H and O–H groups in total. The Morgan fingerprint density at radius 2 is 1.71 bits per heavy atom. The van der Waals surface area contributed by atoms with Crippen LogP contribution in [-0.2, 0) is 17.7 Å². The monoisotopic (exact) mass is 584 g/mol. The number of nitrogens with zero attached hydrogens (tertiary/aromatic N) is 3. The van der Waals surface area contributed by atoms with Gasteiger partial charge < -0.3 is 25.2 Å². The highest BCUT2D eigenvalue weighted by molar-refractivity contribution is 7.09. The number of carbonyl (C=O) groups is 3. The molecule has 1 aromatic carbocycles. The molecule has 10 nitrogen and oxygen atoms in total. The number of hydrogen-bond acceptors (Lipinski definition) is 7. The Kier molecular flexibility index (Phi) is 11.2. The summed E-state index contributed by atoms with van der Waals surface area (Å²) < 4.78 is 19.2. The Morgan fingerprint density at radius 1 is 1.00 bits per heavy atom. The zero-order valence-corrected chi connectivity index (χ0v) is 24.8. The molecular formula is C29H37FN6O4S. The van der Waals surface area contributed by atoms with Gasteiger partial charge in [0.2, 0.25) is 0 Å². The van der Waals surface area contributed by atoms with E-state index in [-0.39, 0.29) is 24.1 Å². The molecule has 12 heteroatoms. The van der Waals surface area contributed by atoms with Crippen LogP contribution in [0.5, 0.6) is 0 Å². The molecule has 0 saturated heterocycles. The van der Waals surface area contributed by atoms with Crippen molar-refractivity contribution in [3.63, 3.8) is 0 Å². The Bertz CT molecular complexity index is 1320. The number of ether oxygens (including phenoxy) is 1. The second-order valence-electron chi connectivity index (χ2n) is 10.6. The van der Waals surface area contributed by atoms with Crippen molar-refractivity contribution in [1.29, 1.82) is 0 Å².